The molecule has 0 bridgehead atoms. The summed E-state index contributed by atoms with van der Waals surface area (Å²) in [6.45, 7) is 0.304. The Morgan fingerprint density at radius 3 is 2.83 bits per heavy atom. The van der Waals surface area contributed by atoms with Gasteiger partial charge in [0.25, 0.3) is 5.91 Å². The van der Waals surface area contributed by atoms with Crippen molar-refractivity contribution in [3.63, 3.8) is 0 Å². The first-order valence-electron chi connectivity index (χ1n) is 5.12. The van der Waals surface area contributed by atoms with Crippen molar-refractivity contribution in [1.29, 1.82) is 0 Å². The van der Waals surface area contributed by atoms with Crippen molar-refractivity contribution in [3.8, 4) is 0 Å². The van der Waals surface area contributed by atoms with Gasteiger partial charge >= 0.3 is 0 Å². The number of oxime groups is 1. The molecule has 0 spiro atoms. The normalized spacial score (nSPS) is 11.4. The van der Waals surface area contributed by atoms with Crippen molar-refractivity contribution in [2.24, 2.45) is 10.9 Å². The molecule has 1 rings (SSSR count). The Balaban J connectivity index is 2.74. The first kappa shape index (κ1) is 14.4. The van der Waals surface area contributed by atoms with Crippen LogP contribution in [0.4, 0.5) is 4.39 Å². The molecule has 0 radical (unpaired) electrons. The number of nitrogens with two attached hydrogens (primary N) is 1. The van der Waals surface area contributed by atoms with Crippen molar-refractivity contribution in [2.45, 2.75) is 6.42 Å². The highest BCUT2D eigenvalue weighted by molar-refractivity contribution is 9.10. The van der Waals surface area contributed by atoms with Crippen LogP contribution in [0.5, 0.6) is 0 Å². The van der Waals surface area contributed by atoms with Gasteiger partial charge in [-0.1, -0.05) is 5.16 Å². The largest absolute Gasteiger partial charge is 0.409 e. The molecule has 5 nitrogen and oxygen atoms in total. The number of hydrogen-bond acceptors (Lipinski definition) is 3. The molecule has 0 aromatic heterocycles. The number of rotatable bonds is 4. The van der Waals surface area contributed by atoms with Crippen LogP contribution in [0.15, 0.2) is 27.8 Å². The number of amides is 1. The first-order chi connectivity index (χ1) is 8.45. The van der Waals surface area contributed by atoms with Gasteiger partial charge in [-0.05, 0) is 34.1 Å². The van der Waals surface area contributed by atoms with Gasteiger partial charge in [0.2, 0.25) is 0 Å². The van der Waals surface area contributed by atoms with Crippen LogP contribution >= 0.6 is 15.9 Å². The number of carbonyl (C=O) groups is 1. The molecule has 1 aromatic rings. The third-order valence-corrected chi connectivity index (χ3v) is 3.00. The second kappa shape index (κ2) is 6.34. The highest BCUT2D eigenvalue weighted by Gasteiger charge is 2.15. The summed E-state index contributed by atoms with van der Waals surface area (Å²) in [4.78, 5) is 13.4. The standard InChI is InChI=1S/C11H13BrFN3O2/c1-16(5-4-10(14)15-18)11(17)8-3-2-7(13)6-9(8)12/h2-3,6,18H,4-5H2,1H3,(H2,14,15). The summed E-state index contributed by atoms with van der Waals surface area (Å²) in [5, 5.41) is 11.2. The number of benzene rings is 1. The fraction of sp³-hybridized carbons (Fsp3) is 0.273. The molecular weight excluding hydrogens is 305 g/mol. The Morgan fingerprint density at radius 1 is 1.61 bits per heavy atom. The molecule has 0 saturated carbocycles. The molecule has 0 unspecified atom stereocenters. The molecule has 1 amide bonds. The predicted octanol–water partition coefficient (Wildman–Crippen LogP) is 1.80. The van der Waals surface area contributed by atoms with E-state index in [1.54, 1.807) is 7.05 Å². The topological polar surface area (TPSA) is 78.9 Å². The summed E-state index contributed by atoms with van der Waals surface area (Å²) in [6, 6.07) is 3.85. The quantitative estimate of drug-likeness (QED) is 0.384. The van der Waals surface area contributed by atoms with Crippen LogP contribution in [0.2, 0.25) is 0 Å². The van der Waals surface area contributed by atoms with E-state index >= 15 is 0 Å². The third kappa shape index (κ3) is 3.69. The minimum atomic E-state index is -0.419. The van der Waals surface area contributed by atoms with Gasteiger partial charge in [-0.3, -0.25) is 4.79 Å². The lowest BCUT2D eigenvalue weighted by molar-refractivity contribution is 0.0797. The van der Waals surface area contributed by atoms with Crippen molar-refractivity contribution in [1.82, 2.24) is 4.90 Å². The highest BCUT2D eigenvalue weighted by atomic mass is 79.9. The van der Waals surface area contributed by atoms with Gasteiger partial charge in [0.15, 0.2) is 0 Å². The van der Waals surface area contributed by atoms with Crippen LogP contribution in [0.1, 0.15) is 16.8 Å². The van der Waals surface area contributed by atoms with E-state index in [1.165, 1.54) is 23.1 Å². The zero-order chi connectivity index (χ0) is 13.7. The van der Waals surface area contributed by atoms with Crippen molar-refractivity contribution in [2.75, 3.05) is 13.6 Å². The minimum absolute atomic E-state index is 0.0489. The maximum absolute atomic E-state index is 12.9. The van der Waals surface area contributed by atoms with E-state index in [0.29, 0.717) is 16.6 Å². The van der Waals surface area contributed by atoms with Gasteiger partial charge in [-0.2, -0.15) is 0 Å². The molecule has 0 aliphatic heterocycles. The van der Waals surface area contributed by atoms with E-state index < -0.39 is 5.82 Å². The lowest BCUT2D eigenvalue weighted by Crippen LogP contribution is -2.30. The number of halogens is 2. The molecule has 3 N–H and O–H groups in total. The number of nitrogens with zero attached hydrogens (tertiary/aromatic N) is 2. The Bertz CT molecular complexity index is 479. The van der Waals surface area contributed by atoms with Crippen LogP contribution in [0.25, 0.3) is 0 Å². The van der Waals surface area contributed by atoms with Crippen molar-refractivity contribution >= 4 is 27.7 Å². The van der Waals surface area contributed by atoms with Gasteiger partial charge in [0.1, 0.15) is 11.7 Å². The monoisotopic (exact) mass is 317 g/mol. The zero-order valence-electron chi connectivity index (χ0n) is 9.73. The molecule has 1 aromatic carbocycles. The predicted molar refractivity (Wildman–Crippen MR) is 69.1 cm³/mol. The Hall–Kier alpha value is -1.63. The molecule has 18 heavy (non-hydrogen) atoms. The minimum Gasteiger partial charge on any atom is -0.409 e. The maximum atomic E-state index is 12.9. The van der Waals surface area contributed by atoms with Gasteiger partial charge in [-0.15, -0.1) is 0 Å². The molecule has 0 saturated heterocycles. The third-order valence-electron chi connectivity index (χ3n) is 2.34. The SMILES string of the molecule is CN(CC/C(N)=N/O)C(=O)c1ccc(F)cc1Br. The fourth-order valence-electron chi connectivity index (χ4n) is 1.30. The second-order valence-corrected chi connectivity index (χ2v) is 4.55. The molecule has 7 heteroatoms. The molecular formula is C11H13BrFN3O2. The Labute approximate surface area is 112 Å². The van der Waals surface area contributed by atoms with Crippen LogP contribution in [0, 0.1) is 5.82 Å². The van der Waals surface area contributed by atoms with E-state index in [0.717, 1.165) is 0 Å². The van der Waals surface area contributed by atoms with Gasteiger partial charge in [0.05, 0.1) is 5.56 Å². The molecule has 0 atom stereocenters. The molecule has 98 valence electrons. The van der Waals surface area contributed by atoms with Crippen LogP contribution in [-0.4, -0.2) is 35.4 Å². The first-order valence-corrected chi connectivity index (χ1v) is 5.92. The number of carbonyl (C=O) groups excluding carboxylic acids is 1. The second-order valence-electron chi connectivity index (χ2n) is 3.69. The summed E-state index contributed by atoms with van der Waals surface area (Å²) in [5.41, 5.74) is 5.67. The molecule has 0 aliphatic rings. The van der Waals surface area contributed by atoms with Crippen molar-refractivity contribution < 1.29 is 14.4 Å². The molecule has 0 aliphatic carbocycles. The van der Waals surface area contributed by atoms with Crippen LogP contribution in [-0.2, 0) is 0 Å². The van der Waals surface area contributed by atoms with Gasteiger partial charge < -0.3 is 15.8 Å². The van der Waals surface area contributed by atoms with Crippen molar-refractivity contribution in [3.05, 3.63) is 34.1 Å². The van der Waals surface area contributed by atoms with E-state index in [1.807, 2.05) is 0 Å². The van der Waals surface area contributed by atoms with E-state index in [-0.39, 0.29) is 18.2 Å². The summed E-state index contributed by atoms with van der Waals surface area (Å²) in [7, 11) is 1.59. The zero-order valence-corrected chi connectivity index (χ0v) is 11.3. The van der Waals surface area contributed by atoms with Gasteiger partial charge in [-0.25, -0.2) is 4.39 Å². The summed E-state index contributed by atoms with van der Waals surface area (Å²) in [6.07, 6.45) is 0.261. The number of amidine groups is 1. The summed E-state index contributed by atoms with van der Waals surface area (Å²) in [5.74, 6) is -0.641. The lowest BCUT2D eigenvalue weighted by Gasteiger charge is -2.17. The number of hydrogen-bond donors (Lipinski definition) is 2. The fourth-order valence-corrected chi connectivity index (χ4v) is 1.82. The summed E-state index contributed by atoms with van der Waals surface area (Å²) < 4.78 is 13.3. The average molecular weight is 318 g/mol. The summed E-state index contributed by atoms with van der Waals surface area (Å²) >= 11 is 3.13. The smallest absolute Gasteiger partial charge is 0.254 e. The maximum Gasteiger partial charge on any atom is 0.254 e. The Morgan fingerprint density at radius 2 is 2.28 bits per heavy atom. The van der Waals surface area contributed by atoms with Crippen LogP contribution < -0.4 is 5.73 Å². The molecule has 0 heterocycles. The molecule has 0 fully saturated rings. The van der Waals surface area contributed by atoms with E-state index in [2.05, 4.69) is 21.1 Å². The van der Waals surface area contributed by atoms with E-state index in [4.69, 9.17) is 10.9 Å². The Kier molecular flexibility index (Phi) is 5.08. The van der Waals surface area contributed by atoms with E-state index in [9.17, 15) is 9.18 Å². The highest BCUT2D eigenvalue weighted by Crippen LogP contribution is 2.19. The van der Waals surface area contributed by atoms with Gasteiger partial charge in [0, 0.05) is 24.5 Å². The van der Waals surface area contributed by atoms with Crippen LogP contribution in [0.3, 0.4) is 0 Å². The average Bonchev–Trinajstić information content (AvgIpc) is 2.34. The lowest BCUT2D eigenvalue weighted by atomic mass is 10.2.